The molecule has 0 fully saturated rings. The average molecular weight is 418 g/mol. The maximum absolute atomic E-state index is 13.2. The van der Waals surface area contributed by atoms with Crippen molar-refractivity contribution in [2.24, 2.45) is 0 Å². The van der Waals surface area contributed by atoms with E-state index in [0.717, 1.165) is 22.4 Å². The molecule has 0 aliphatic rings. The molecule has 2 aromatic carbocycles. The Balaban J connectivity index is 1.96. The highest BCUT2D eigenvalue weighted by Gasteiger charge is 2.18. The van der Waals surface area contributed by atoms with Crippen molar-refractivity contribution in [1.29, 1.82) is 0 Å². The molecule has 3 rings (SSSR count). The number of nitrogens with zero attached hydrogens (tertiary/aromatic N) is 3. The van der Waals surface area contributed by atoms with E-state index in [2.05, 4.69) is 9.97 Å². The molecule has 0 radical (unpaired) electrons. The number of aryl methyl sites for hydroxylation is 1. The van der Waals surface area contributed by atoms with Crippen molar-refractivity contribution >= 4 is 17.4 Å². The van der Waals surface area contributed by atoms with Crippen molar-refractivity contribution in [2.75, 3.05) is 25.7 Å². The summed E-state index contributed by atoms with van der Waals surface area (Å²) in [7, 11) is 3.17. The van der Waals surface area contributed by atoms with Crippen LogP contribution in [0.1, 0.15) is 40.9 Å². The zero-order valence-corrected chi connectivity index (χ0v) is 18.3. The molecule has 6 heteroatoms. The molecular weight excluding hydrogens is 390 g/mol. The summed E-state index contributed by atoms with van der Waals surface area (Å²) in [5, 5.41) is 0. The molecule has 160 valence electrons. The fourth-order valence-electron chi connectivity index (χ4n) is 3.31. The van der Waals surface area contributed by atoms with E-state index in [1.807, 2.05) is 50.2 Å². The quantitative estimate of drug-likeness (QED) is 0.507. The van der Waals surface area contributed by atoms with Crippen molar-refractivity contribution in [1.82, 2.24) is 9.97 Å². The number of benzene rings is 2. The minimum atomic E-state index is -0.185. The first-order chi connectivity index (χ1) is 14.9. The number of anilines is 1. The molecule has 0 aliphatic heterocycles. The molecule has 1 amide bonds. The fraction of sp³-hybridized carbons (Fsp3) is 0.280. The molecule has 0 bridgehead atoms. The predicted molar refractivity (Wildman–Crippen MR) is 121 cm³/mol. The molecular formula is C25H27N3O3. The zero-order valence-electron chi connectivity index (χ0n) is 18.3. The van der Waals surface area contributed by atoms with Crippen LogP contribution < -0.4 is 4.90 Å². The molecule has 1 unspecified atom stereocenters. The highest BCUT2D eigenvalue weighted by Crippen LogP contribution is 2.29. The van der Waals surface area contributed by atoms with Gasteiger partial charge in [0, 0.05) is 56.3 Å². The molecule has 1 aromatic heterocycles. The Morgan fingerprint density at radius 3 is 2.45 bits per heavy atom. The Kier molecular flexibility index (Phi) is 7.26. The van der Waals surface area contributed by atoms with Gasteiger partial charge in [-0.1, -0.05) is 36.8 Å². The number of likely N-dealkylation sites (N-methyl/N-ethyl adjacent to an activating group) is 1. The van der Waals surface area contributed by atoms with E-state index in [-0.39, 0.29) is 24.2 Å². The minimum absolute atomic E-state index is 0.0130. The SMILES string of the molecule is COCC(=O)N(C)c1cc(C(=O)CC(C)c2cnccn2)cc(-c2ccc(C)cc2)c1. The van der Waals surface area contributed by atoms with Crippen LogP contribution in [0.5, 0.6) is 0 Å². The third-order valence-electron chi connectivity index (χ3n) is 5.23. The molecule has 0 aliphatic carbocycles. The summed E-state index contributed by atoms with van der Waals surface area (Å²) in [4.78, 5) is 35.5. The van der Waals surface area contributed by atoms with E-state index < -0.39 is 0 Å². The fourth-order valence-corrected chi connectivity index (χ4v) is 3.31. The van der Waals surface area contributed by atoms with E-state index in [4.69, 9.17) is 4.74 Å². The Labute approximate surface area is 182 Å². The van der Waals surface area contributed by atoms with Gasteiger partial charge in [0.15, 0.2) is 5.78 Å². The van der Waals surface area contributed by atoms with E-state index >= 15 is 0 Å². The number of amides is 1. The summed E-state index contributed by atoms with van der Waals surface area (Å²) in [5.41, 5.74) is 5.00. The lowest BCUT2D eigenvalue weighted by atomic mass is 9.94. The van der Waals surface area contributed by atoms with Crippen molar-refractivity contribution in [2.45, 2.75) is 26.2 Å². The Morgan fingerprint density at radius 2 is 1.81 bits per heavy atom. The Hall–Kier alpha value is -3.38. The van der Waals surface area contributed by atoms with Gasteiger partial charge in [-0.25, -0.2) is 0 Å². The molecule has 1 heterocycles. The highest BCUT2D eigenvalue weighted by atomic mass is 16.5. The summed E-state index contributed by atoms with van der Waals surface area (Å²) < 4.78 is 4.98. The standard InChI is InChI=1S/C25H27N3O3/c1-17-5-7-19(8-6-17)20-12-21(14-22(13-20)28(3)25(30)16-31-4)24(29)11-18(2)23-15-26-9-10-27-23/h5-10,12-15,18H,11,16H2,1-4H3. The van der Waals surface area contributed by atoms with E-state index in [9.17, 15) is 9.59 Å². The summed E-state index contributed by atoms with van der Waals surface area (Å²) in [6.45, 7) is 3.96. The van der Waals surface area contributed by atoms with Crippen molar-refractivity contribution in [3.05, 3.63) is 77.9 Å². The number of ketones is 1. The molecule has 3 aromatic rings. The van der Waals surface area contributed by atoms with E-state index in [1.54, 1.807) is 31.7 Å². The van der Waals surface area contributed by atoms with Gasteiger partial charge in [0.25, 0.3) is 5.91 Å². The second kappa shape index (κ2) is 10.1. The lowest BCUT2D eigenvalue weighted by Crippen LogP contribution is -2.29. The number of hydrogen-bond acceptors (Lipinski definition) is 5. The Bertz CT molecular complexity index is 1050. The van der Waals surface area contributed by atoms with Gasteiger partial charge in [0.1, 0.15) is 6.61 Å². The van der Waals surface area contributed by atoms with Crippen LogP contribution in [0.15, 0.2) is 61.1 Å². The van der Waals surface area contributed by atoms with E-state index in [1.165, 1.54) is 12.0 Å². The number of aromatic nitrogens is 2. The molecule has 31 heavy (non-hydrogen) atoms. The van der Waals surface area contributed by atoms with Crippen LogP contribution in [0.4, 0.5) is 5.69 Å². The second-order valence-electron chi connectivity index (χ2n) is 7.68. The maximum Gasteiger partial charge on any atom is 0.252 e. The van der Waals surface area contributed by atoms with Gasteiger partial charge >= 0.3 is 0 Å². The lowest BCUT2D eigenvalue weighted by molar-refractivity contribution is -0.121. The highest BCUT2D eigenvalue weighted by molar-refractivity contribution is 6.01. The van der Waals surface area contributed by atoms with Gasteiger partial charge in [-0.15, -0.1) is 0 Å². The second-order valence-corrected chi connectivity index (χ2v) is 7.68. The van der Waals surface area contributed by atoms with Crippen LogP contribution in [-0.4, -0.2) is 42.4 Å². The number of carbonyl (C=O) groups excluding carboxylic acids is 2. The van der Waals surface area contributed by atoms with Crippen LogP contribution in [0.2, 0.25) is 0 Å². The zero-order chi connectivity index (χ0) is 22.4. The third kappa shape index (κ3) is 5.61. The topological polar surface area (TPSA) is 72.4 Å². The molecule has 0 saturated heterocycles. The Morgan fingerprint density at radius 1 is 1.06 bits per heavy atom. The van der Waals surface area contributed by atoms with E-state index in [0.29, 0.717) is 17.7 Å². The minimum Gasteiger partial charge on any atom is -0.375 e. The molecule has 0 N–H and O–H groups in total. The number of rotatable bonds is 8. The number of ether oxygens (including phenoxy) is 1. The molecule has 1 atom stereocenters. The van der Waals surface area contributed by atoms with Crippen molar-refractivity contribution < 1.29 is 14.3 Å². The van der Waals surface area contributed by atoms with Gasteiger partial charge in [0.2, 0.25) is 0 Å². The van der Waals surface area contributed by atoms with Crippen molar-refractivity contribution in [3.8, 4) is 11.1 Å². The summed E-state index contributed by atoms with van der Waals surface area (Å²) in [5.74, 6) is -0.267. The maximum atomic E-state index is 13.2. The van der Waals surface area contributed by atoms with Crippen LogP contribution in [0, 0.1) is 6.92 Å². The van der Waals surface area contributed by atoms with Crippen molar-refractivity contribution in [3.63, 3.8) is 0 Å². The molecule has 0 spiro atoms. The molecule has 0 saturated carbocycles. The van der Waals surface area contributed by atoms with Gasteiger partial charge in [0.05, 0.1) is 5.69 Å². The van der Waals surface area contributed by atoms with Crippen LogP contribution in [-0.2, 0) is 9.53 Å². The summed E-state index contributed by atoms with van der Waals surface area (Å²) in [6.07, 6.45) is 5.22. The summed E-state index contributed by atoms with van der Waals surface area (Å²) in [6, 6.07) is 13.6. The predicted octanol–water partition coefficient (Wildman–Crippen LogP) is 4.44. The van der Waals surface area contributed by atoms with Crippen LogP contribution >= 0.6 is 0 Å². The smallest absolute Gasteiger partial charge is 0.252 e. The average Bonchev–Trinajstić information content (AvgIpc) is 2.79. The number of hydrogen-bond donors (Lipinski definition) is 0. The number of methoxy groups -OCH3 is 1. The first kappa shape index (κ1) is 22.3. The molecule has 6 nitrogen and oxygen atoms in total. The largest absolute Gasteiger partial charge is 0.375 e. The first-order valence-corrected chi connectivity index (χ1v) is 10.2. The van der Waals surface area contributed by atoms with Gasteiger partial charge in [-0.3, -0.25) is 19.6 Å². The van der Waals surface area contributed by atoms with Gasteiger partial charge in [-0.2, -0.15) is 0 Å². The number of Topliss-reactive ketones (excluding diaryl/α,β-unsaturated/α-hetero) is 1. The normalized spacial score (nSPS) is 11.7. The third-order valence-corrected chi connectivity index (χ3v) is 5.23. The lowest BCUT2D eigenvalue weighted by Gasteiger charge is -2.20. The monoisotopic (exact) mass is 417 g/mol. The number of carbonyl (C=O) groups is 2. The van der Waals surface area contributed by atoms with Crippen LogP contribution in [0.3, 0.4) is 0 Å². The van der Waals surface area contributed by atoms with Gasteiger partial charge in [-0.05, 0) is 36.2 Å². The van der Waals surface area contributed by atoms with Crippen LogP contribution in [0.25, 0.3) is 11.1 Å². The summed E-state index contributed by atoms with van der Waals surface area (Å²) >= 11 is 0. The first-order valence-electron chi connectivity index (χ1n) is 10.2. The van der Waals surface area contributed by atoms with Gasteiger partial charge < -0.3 is 9.64 Å².